The molecule has 1 fully saturated rings. The van der Waals surface area contributed by atoms with Crippen LogP contribution in [0.15, 0.2) is 0 Å². The summed E-state index contributed by atoms with van der Waals surface area (Å²) in [6.07, 6.45) is 2.03. The Morgan fingerprint density at radius 3 is 2.67 bits per heavy atom. The fraction of sp³-hybridized carbons (Fsp3) is 0.833. The zero-order valence-electron chi connectivity index (χ0n) is 5.43. The van der Waals surface area contributed by atoms with Crippen LogP contribution in [0.5, 0.6) is 0 Å². The topological polar surface area (TPSA) is 20.3 Å². The fourth-order valence-corrected chi connectivity index (χ4v) is 1.47. The number of hydrogen-bond donors (Lipinski definition) is 0. The van der Waals surface area contributed by atoms with Gasteiger partial charge in [-0.1, -0.05) is 0 Å². The summed E-state index contributed by atoms with van der Waals surface area (Å²) in [7, 11) is 1.93. The Labute approximate surface area is 59.8 Å². The van der Waals surface area contributed by atoms with Gasteiger partial charge >= 0.3 is 0 Å². The summed E-state index contributed by atoms with van der Waals surface area (Å²) in [5.41, 5.74) is 0. The maximum absolute atomic E-state index is 10.6. The van der Waals surface area contributed by atoms with Crippen LogP contribution in [0.1, 0.15) is 12.8 Å². The molecule has 1 heterocycles. The second-order valence-corrected chi connectivity index (χ2v) is 2.82. The van der Waals surface area contributed by atoms with Crippen LogP contribution in [0.2, 0.25) is 0 Å². The predicted molar refractivity (Wildman–Crippen MR) is 36.5 cm³/mol. The third-order valence-electron chi connectivity index (χ3n) is 1.78. The molecule has 52 valence electrons. The highest BCUT2D eigenvalue weighted by molar-refractivity contribution is 6.64. The van der Waals surface area contributed by atoms with E-state index in [1.54, 1.807) is 0 Å². The van der Waals surface area contributed by atoms with Gasteiger partial charge in [-0.3, -0.25) is 9.69 Å². The molecule has 0 amide bonds. The van der Waals surface area contributed by atoms with Crippen LogP contribution in [0, 0.1) is 0 Å². The summed E-state index contributed by atoms with van der Waals surface area (Å²) in [4.78, 5) is 12.6. The van der Waals surface area contributed by atoms with Gasteiger partial charge in [0.15, 0.2) is 0 Å². The first-order valence-corrected chi connectivity index (χ1v) is 3.49. The molecule has 9 heavy (non-hydrogen) atoms. The molecule has 3 heteroatoms. The van der Waals surface area contributed by atoms with Crippen LogP contribution in [0.25, 0.3) is 0 Å². The molecule has 0 aromatic heterocycles. The monoisotopic (exact) mass is 147 g/mol. The van der Waals surface area contributed by atoms with Crippen molar-refractivity contribution in [2.75, 3.05) is 13.6 Å². The van der Waals surface area contributed by atoms with Crippen molar-refractivity contribution in [3.05, 3.63) is 0 Å². The lowest BCUT2D eigenvalue weighted by atomic mass is 10.2. The Morgan fingerprint density at radius 2 is 2.44 bits per heavy atom. The number of carbonyl (C=O) groups excluding carboxylic acids is 1. The average molecular weight is 148 g/mol. The molecule has 0 N–H and O–H groups in total. The first kappa shape index (κ1) is 7.03. The normalized spacial score (nSPS) is 28.9. The molecule has 0 aliphatic carbocycles. The number of carbonyl (C=O) groups is 1. The number of hydrogen-bond acceptors (Lipinski definition) is 2. The molecule has 0 unspecified atom stereocenters. The SMILES string of the molecule is CN1CCC[C@H]1C(=O)Cl. The van der Waals surface area contributed by atoms with Crippen LogP contribution in [0.3, 0.4) is 0 Å². The molecule has 1 saturated heterocycles. The summed E-state index contributed by atoms with van der Waals surface area (Å²) in [6.45, 7) is 1.00. The van der Waals surface area contributed by atoms with Crippen LogP contribution < -0.4 is 0 Å². The maximum Gasteiger partial charge on any atom is 0.238 e. The third kappa shape index (κ3) is 1.43. The Hall–Kier alpha value is -0.0800. The third-order valence-corrected chi connectivity index (χ3v) is 2.03. The van der Waals surface area contributed by atoms with Crippen molar-refractivity contribution in [2.45, 2.75) is 18.9 Å². The van der Waals surface area contributed by atoms with Gasteiger partial charge in [-0.05, 0) is 38.0 Å². The summed E-state index contributed by atoms with van der Waals surface area (Å²) in [5, 5.41) is -0.213. The van der Waals surface area contributed by atoms with Crippen molar-refractivity contribution in [1.29, 1.82) is 0 Å². The van der Waals surface area contributed by atoms with E-state index in [1.165, 1.54) is 0 Å². The Balaban J connectivity index is 2.49. The fourth-order valence-electron chi connectivity index (χ4n) is 1.20. The molecule has 1 aliphatic heterocycles. The lowest BCUT2D eigenvalue weighted by Crippen LogP contribution is -2.29. The molecule has 1 atom stereocenters. The van der Waals surface area contributed by atoms with Crippen LogP contribution in [0.4, 0.5) is 0 Å². The number of halogens is 1. The van der Waals surface area contributed by atoms with Gasteiger partial charge in [0.2, 0.25) is 5.24 Å². The minimum absolute atomic E-state index is 0.00772. The van der Waals surface area contributed by atoms with E-state index in [4.69, 9.17) is 11.6 Å². The van der Waals surface area contributed by atoms with Crippen molar-refractivity contribution in [3.63, 3.8) is 0 Å². The number of nitrogens with zero attached hydrogens (tertiary/aromatic N) is 1. The average Bonchev–Trinajstić information content (AvgIpc) is 2.13. The smallest absolute Gasteiger partial charge is 0.238 e. The van der Waals surface area contributed by atoms with E-state index in [-0.39, 0.29) is 11.3 Å². The molecular weight excluding hydrogens is 138 g/mol. The van der Waals surface area contributed by atoms with Crippen molar-refractivity contribution in [1.82, 2.24) is 4.90 Å². The molecule has 1 rings (SSSR count). The lowest BCUT2D eigenvalue weighted by molar-refractivity contribution is -0.115. The molecule has 2 nitrogen and oxygen atoms in total. The van der Waals surface area contributed by atoms with E-state index < -0.39 is 0 Å². The summed E-state index contributed by atoms with van der Waals surface area (Å²) < 4.78 is 0. The van der Waals surface area contributed by atoms with Crippen molar-refractivity contribution in [2.24, 2.45) is 0 Å². The van der Waals surface area contributed by atoms with E-state index in [0.29, 0.717) is 0 Å². The molecule has 0 spiro atoms. The number of likely N-dealkylation sites (tertiary alicyclic amines) is 1. The molecule has 0 aromatic carbocycles. The van der Waals surface area contributed by atoms with Gasteiger partial charge in [0.05, 0.1) is 6.04 Å². The first-order chi connectivity index (χ1) is 4.22. The Kier molecular flexibility index (Phi) is 2.09. The lowest BCUT2D eigenvalue weighted by Gasteiger charge is -2.13. The van der Waals surface area contributed by atoms with E-state index in [1.807, 2.05) is 11.9 Å². The van der Waals surface area contributed by atoms with Gasteiger partial charge in [-0.2, -0.15) is 0 Å². The molecule has 0 bridgehead atoms. The molecular formula is C6H10ClNO. The van der Waals surface area contributed by atoms with Gasteiger partial charge in [-0.15, -0.1) is 0 Å². The molecule has 0 radical (unpaired) electrons. The van der Waals surface area contributed by atoms with Gasteiger partial charge in [-0.25, -0.2) is 0 Å². The highest BCUT2D eigenvalue weighted by Crippen LogP contribution is 2.16. The molecule has 0 saturated carbocycles. The van der Waals surface area contributed by atoms with Crippen LogP contribution in [-0.4, -0.2) is 29.8 Å². The molecule has 1 aliphatic rings. The zero-order valence-corrected chi connectivity index (χ0v) is 6.19. The van der Waals surface area contributed by atoms with E-state index in [9.17, 15) is 4.79 Å². The van der Waals surface area contributed by atoms with Crippen molar-refractivity contribution < 1.29 is 4.79 Å². The number of rotatable bonds is 1. The highest BCUT2D eigenvalue weighted by atomic mass is 35.5. The standard InChI is InChI=1S/C6H10ClNO/c1-8-4-2-3-5(8)6(7)9/h5H,2-4H2,1H3/t5-/m0/s1. The minimum atomic E-state index is -0.213. The molecule has 0 aromatic rings. The van der Waals surface area contributed by atoms with Crippen LogP contribution in [-0.2, 0) is 4.79 Å². The number of likely N-dealkylation sites (N-methyl/N-ethyl adjacent to an activating group) is 1. The largest absolute Gasteiger partial charge is 0.296 e. The minimum Gasteiger partial charge on any atom is -0.296 e. The second kappa shape index (κ2) is 2.67. The predicted octanol–water partition coefficient (Wildman–Crippen LogP) is 0.846. The van der Waals surface area contributed by atoms with Crippen molar-refractivity contribution in [3.8, 4) is 0 Å². The van der Waals surface area contributed by atoms with E-state index in [0.717, 1.165) is 19.4 Å². The second-order valence-electron chi connectivity index (χ2n) is 2.44. The summed E-state index contributed by atoms with van der Waals surface area (Å²) in [5.74, 6) is 0. The van der Waals surface area contributed by atoms with Gasteiger partial charge in [0, 0.05) is 0 Å². The van der Waals surface area contributed by atoms with Gasteiger partial charge in [0.25, 0.3) is 0 Å². The first-order valence-electron chi connectivity index (χ1n) is 3.11. The van der Waals surface area contributed by atoms with Crippen LogP contribution >= 0.6 is 11.6 Å². The summed E-state index contributed by atoms with van der Waals surface area (Å²) in [6, 6.07) is -0.00772. The highest BCUT2D eigenvalue weighted by Gasteiger charge is 2.25. The maximum atomic E-state index is 10.6. The zero-order chi connectivity index (χ0) is 6.85. The Morgan fingerprint density at radius 1 is 1.78 bits per heavy atom. The van der Waals surface area contributed by atoms with Gasteiger partial charge in [0.1, 0.15) is 0 Å². The summed E-state index contributed by atoms with van der Waals surface area (Å²) >= 11 is 5.30. The van der Waals surface area contributed by atoms with E-state index in [2.05, 4.69) is 0 Å². The van der Waals surface area contributed by atoms with Crippen molar-refractivity contribution >= 4 is 16.8 Å². The quantitative estimate of drug-likeness (QED) is 0.513. The van der Waals surface area contributed by atoms with E-state index >= 15 is 0 Å². The Bertz CT molecular complexity index is 126. The van der Waals surface area contributed by atoms with Gasteiger partial charge < -0.3 is 0 Å².